The molecule has 4 heteroatoms. The predicted octanol–water partition coefficient (Wildman–Crippen LogP) is 1.78. The number of aliphatic hydroxyl groups excluding tert-OH is 1. The minimum atomic E-state index is -0.347. The highest BCUT2D eigenvalue weighted by molar-refractivity contribution is 5.77. The second-order valence-electron chi connectivity index (χ2n) is 5.16. The van der Waals surface area contributed by atoms with Crippen LogP contribution in [-0.2, 0) is 4.79 Å². The van der Waals surface area contributed by atoms with E-state index < -0.39 is 0 Å². The van der Waals surface area contributed by atoms with Crippen molar-refractivity contribution in [3.63, 3.8) is 0 Å². The molecule has 1 heterocycles. The summed E-state index contributed by atoms with van der Waals surface area (Å²) < 4.78 is 5.12. The van der Waals surface area contributed by atoms with E-state index in [1.807, 2.05) is 31.2 Å². The van der Waals surface area contributed by atoms with E-state index in [1.54, 1.807) is 12.0 Å². The number of carbonyl (C=O) groups is 1. The van der Waals surface area contributed by atoms with Gasteiger partial charge in [-0.2, -0.15) is 0 Å². The molecule has 4 nitrogen and oxygen atoms in total. The number of benzene rings is 1. The fourth-order valence-corrected chi connectivity index (χ4v) is 2.41. The van der Waals surface area contributed by atoms with Crippen molar-refractivity contribution in [1.82, 2.24) is 4.90 Å². The van der Waals surface area contributed by atoms with E-state index in [0.717, 1.165) is 11.3 Å². The molecule has 0 saturated carbocycles. The summed E-state index contributed by atoms with van der Waals surface area (Å²) in [6.07, 6.45) is 0.835. The maximum atomic E-state index is 12.1. The first kappa shape index (κ1) is 13.9. The Morgan fingerprint density at radius 3 is 2.68 bits per heavy atom. The lowest BCUT2D eigenvalue weighted by atomic mass is 9.97. The van der Waals surface area contributed by atoms with Crippen molar-refractivity contribution in [3.05, 3.63) is 29.8 Å². The summed E-state index contributed by atoms with van der Waals surface area (Å²) in [5.74, 6) is 1.13. The molecule has 104 valence electrons. The van der Waals surface area contributed by atoms with Crippen LogP contribution < -0.4 is 4.74 Å². The largest absolute Gasteiger partial charge is 0.497 e. The van der Waals surface area contributed by atoms with E-state index >= 15 is 0 Å². The Morgan fingerprint density at radius 1 is 1.47 bits per heavy atom. The molecule has 0 aromatic heterocycles. The molecule has 1 aromatic carbocycles. The average molecular weight is 263 g/mol. The first-order valence-electron chi connectivity index (χ1n) is 6.70. The highest BCUT2D eigenvalue weighted by atomic mass is 16.5. The van der Waals surface area contributed by atoms with Crippen LogP contribution in [0.5, 0.6) is 5.75 Å². The third-order valence-electron chi connectivity index (χ3n) is 3.68. The van der Waals surface area contributed by atoms with Gasteiger partial charge in [0, 0.05) is 19.5 Å². The summed E-state index contributed by atoms with van der Waals surface area (Å²) in [5, 5.41) is 9.45. The van der Waals surface area contributed by atoms with Gasteiger partial charge in [-0.15, -0.1) is 0 Å². The number of ether oxygens (including phenoxy) is 1. The van der Waals surface area contributed by atoms with Gasteiger partial charge >= 0.3 is 0 Å². The van der Waals surface area contributed by atoms with E-state index in [4.69, 9.17) is 4.74 Å². The van der Waals surface area contributed by atoms with Gasteiger partial charge in [0.2, 0.25) is 5.91 Å². The molecule has 0 spiro atoms. The molecule has 0 aliphatic carbocycles. The van der Waals surface area contributed by atoms with Crippen molar-refractivity contribution >= 4 is 5.91 Å². The maximum Gasteiger partial charge on any atom is 0.223 e. The van der Waals surface area contributed by atoms with Crippen LogP contribution in [0, 0.1) is 0 Å². The number of β-amino-alcohol motifs (C(OH)–C–C–N with tert-alkyl or cyclic N) is 1. The van der Waals surface area contributed by atoms with Crippen LogP contribution in [-0.4, -0.2) is 42.2 Å². The van der Waals surface area contributed by atoms with Crippen LogP contribution in [0.25, 0.3) is 0 Å². The number of aliphatic hydroxyl groups is 1. The van der Waals surface area contributed by atoms with Gasteiger partial charge in [-0.3, -0.25) is 4.79 Å². The monoisotopic (exact) mass is 263 g/mol. The quantitative estimate of drug-likeness (QED) is 0.901. The summed E-state index contributed by atoms with van der Waals surface area (Å²) in [5.41, 5.74) is 1.13. The fraction of sp³-hybridized carbons (Fsp3) is 0.533. The second kappa shape index (κ2) is 6.06. The molecule has 0 radical (unpaired) electrons. The smallest absolute Gasteiger partial charge is 0.223 e. The third-order valence-corrected chi connectivity index (χ3v) is 3.68. The zero-order valence-electron chi connectivity index (χ0n) is 11.5. The van der Waals surface area contributed by atoms with Crippen LogP contribution in [0.2, 0.25) is 0 Å². The lowest BCUT2D eigenvalue weighted by Gasteiger charge is -2.19. The lowest BCUT2D eigenvalue weighted by molar-refractivity contribution is -0.130. The van der Waals surface area contributed by atoms with Crippen molar-refractivity contribution in [2.45, 2.75) is 31.8 Å². The SMILES string of the molecule is COc1ccc([C@@H](C)CC(=O)N2CC[C@H](O)C2)cc1. The Balaban J connectivity index is 1.92. The summed E-state index contributed by atoms with van der Waals surface area (Å²) in [4.78, 5) is 13.8. The Labute approximate surface area is 114 Å². The van der Waals surface area contributed by atoms with E-state index in [-0.39, 0.29) is 17.9 Å². The molecule has 2 atom stereocenters. The predicted molar refractivity (Wildman–Crippen MR) is 73.2 cm³/mol. The standard InChI is InChI=1S/C15H21NO3/c1-11(12-3-5-14(19-2)6-4-12)9-15(18)16-8-7-13(17)10-16/h3-6,11,13,17H,7-10H2,1-2H3/t11-,13-/m0/s1. The van der Waals surface area contributed by atoms with Crippen LogP contribution in [0.15, 0.2) is 24.3 Å². The molecular weight excluding hydrogens is 242 g/mol. The molecule has 1 aliphatic heterocycles. The van der Waals surface area contributed by atoms with Gasteiger partial charge in [0.05, 0.1) is 13.2 Å². The van der Waals surface area contributed by atoms with Gasteiger partial charge < -0.3 is 14.7 Å². The fourth-order valence-electron chi connectivity index (χ4n) is 2.41. The van der Waals surface area contributed by atoms with Crippen molar-refractivity contribution < 1.29 is 14.6 Å². The molecule has 1 fully saturated rings. The molecule has 1 amide bonds. The number of carbonyl (C=O) groups excluding carboxylic acids is 1. The summed E-state index contributed by atoms with van der Waals surface area (Å²) in [7, 11) is 1.64. The topological polar surface area (TPSA) is 49.8 Å². The highest BCUT2D eigenvalue weighted by Crippen LogP contribution is 2.23. The van der Waals surface area contributed by atoms with Crippen molar-refractivity contribution in [2.75, 3.05) is 20.2 Å². The van der Waals surface area contributed by atoms with Gasteiger partial charge in [-0.25, -0.2) is 0 Å². The minimum Gasteiger partial charge on any atom is -0.497 e. The van der Waals surface area contributed by atoms with Gasteiger partial charge in [0.25, 0.3) is 0 Å². The zero-order valence-corrected chi connectivity index (χ0v) is 11.5. The Bertz CT molecular complexity index is 430. The van der Waals surface area contributed by atoms with Gasteiger partial charge in [-0.05, 0) is 30.0 Å². The van der Waals surface area contributed by atoms with Gasteiger partial charge in [-0.1, -0.05) is 19.1 Å². The average Bonchev–Trinajstić information content (AvgIpc) is 2.85. The number of nitrogens with zero attached hydrogens (tertiary/aromatic N) is 1. The van der Waals surface area contributed by atoms with Crippen molar-refractivity contribution in [2.24, 2.45) is 0 Å². The molecule has 1 N–H and O–H groups in total. The summed E-state index contributed by atoms with van der Waals surface area (Å²) in [6, 6.07) is 7.82. The van der Waals surface area contributed by atoms with Crippen molar-refractivity contribution in [3.8, 4) is 5.75 Å². The van der Waals surface area contributed by atoms with E-state index in [0.29, 0.717) is 25.9 Å². The molecular formula is C15H21NO3. The number of hydrogen-bond donors (Lipinski definition) is 1. The van der Waals surface area contributed by atoms with Crippen LogP contribution in [0.1, 0.15) is 31.2 Å². The number of amides is 1. The Hall–Kier alpha value is -1.55. The number of hydrogen-bond acceptors (Lipinski definition) is 3. The zero-order chi connectivity index (χ0) is 13.8. The first-order valence-corrected chi connectivity index (χ1v) is 6.70. The van der Waals surface area contributed by atoms with Crippen molar-refractivity contribution in [1.29, 1.82) is 0 Å². The Kier molecular flexibility index (Phi) is 4.43. The second-order valence-corrected chi connectivity index (χ2v) is 5.16. The molecule has 1 saturated heterocycles. The normalized spacial score (nSPS) is 20.4. The number of rotatable bonds is 4. The molecule has 19 heavy (non-hydrogen) atoms. The van der Waals surface area contributed by atoms with E-state index in [2.05, 4.69) is 0 Å². The molecule has 0 unspecified atom stereocenters. The minimum absolute atomic E-state index is 0.125. The number of methoxy groups -OCH3 is 1. The highest BCUT2D eigenvalue weighted by Gasteiger charge is 2.25. The summed E-state index contributed by atoms with van der Waals surface area (Å²) in [6.45, 7) is 3.20. The number of likely N-dealkylation sites (tertiary alicyclic amines) is 1. The van der Waals surface area contributed by atoms with E-state index in [9.17, 15) is 9.90 Å². The van der Waals surface area contributed by atoms with E-state index in [1.165, 1.54) is 0 Å². The molecule has 1 aromatic rings. The Morgan fingerprint density at radius 2 is 2.16 bits per heavy atom. The van der Waals surface area contributed by atoms with Crippen LogP contribution in [0.3, 0.4) is 0 Å². The lowest BCUT2D eigenvalue weighted by Crippen LogP contribution is -2.30. The molecule has 2 rings (SSSR count). The molecule has 1 aliphatic rings. The van der Waals surface area contributed by atoms with Gasteiger partial charge in [0.1, 0.15) is 5.75 Å². The third kappa shape index (κ3) is 3.47. The molecule has 0 bridgehead atoms. The van der Waals surface area contributed by atoms with Crippen LogP contribution in [0.4, 0.5) is 0 Å². The van der Waals surface area contributed by atoms with Gasteiger partial charge in [0.15, 0.2) is 0 Å². The first-order chi connectivity index (χ1) is 9.10. The van der Waals surface area contributed by atoms with Crippen LogP contribution >= 0.6 is 0 Å². The maximum absolute atomic E-state index is 12.1. The summed E-state index contributed by atoms with van der Waals surface area (Å²) >= 11 is 0.